The summed E-state index contributed by atoms with van der Waals surface area (Å²) in [6, 6.07) is 6.37. The lowest BCUT2D eigenvalue weighted by molar-refractivity contribution is -0.130. The van der Waals surface area contributed by atoms with Crippen LogP contribution in [0.25, 0.3) is 28.4 Å². The molecule has 2 saturated heterocycles. The van der Waals surface area contributed by atoms with Gasteiger partial charge in [0.1, 0.15) is 0 Å². The maximum Gasteiger partial charge on any atom is 0.263 e. The summed E-state index contributed by atoms with van der Waals surface area (Å²) in [5.41, 5.74) is 4.79. The average Bonchev–Trinajstić information content (AvgIpc) is 3.55. The molecule has 2 aliphatic heterocycles. The number of benzene rings is 1. The van der Waals surface area contributed by atoms with Crippen molar-refractivity contribution in [3.63, 3.8) is 0 Å². The van der Waals surface area contributed by atoms with Gasteiger partial charge in [0, 0.05) is 51.8 Å². The number of nitrogens with zero attached hydrogens (tertiary/aromatic N) is 7. The normalized spacial score (nSPS) is 18.1. The largest absolute Gasteiger partial charge is 0.378 e. The Labute approximate surface area is 209 Å². The SMILES string of the molecule is CC(=O)N1CCN(CC(=O)n2ncc3c(-c4ccc5c(c4)CC=C5)nc(N4CCOCC4)nc32)CC1. The lowest BCUT2D eigenvalue weighted by atomic mass is 10.0. The predicted molar refractivity (Wildman–Crippen MR) is 136 cm³/mol. The zero-order chi connectivity index (χ0) is 24.6. The number of hydrogen-bond acceptors (Lipinski definition) is 8. The summed E-state index contributed by atoms with van der Waals surface area (Å²) in [5, 5.41) is 5.22. The van der Waals surface area contributed by atoms with Crippen molar-refractivity contribution in [3.8, 4) is 11.3 Å². The van der Waals surface area contributed by atoms with Crippen LogP contribution in [-0.2, 0) is 16.0 Å². The number of allylic oxidation sites excluding steroid dienone is 1. The maximum absolute atomic E-state index is 13.4. The monoisotopic (exact) mass is 487 g/mol. The van der Waals surface area contributed by atoms with Crippen LogP contribution in [0.4, 0.5) is 5.95 Å². The Balaban J connectivity index is 1.35. The molecule has 0 N–H and O–H groups in total. The third-order valence-corrected chi connectivity index (χ3v) is 7.17. The van der Waals surface area contributed by atoms with Crippen molar-refractivity contribution < 1.29 is 14.3 Å². The molecule has 0 radical (unpaired) electrons. The fraction of sp³-hybridized carbons (Fsp3) is 0.423. The topological polar surface area (TPSA) is 96.7 Å². The summed E-state index contributed by atoms with van der Waals surface area (Å²) in [6.07, 6.45) is 6.91. The van der Waals surface area contributed by atoms with E-state index in [2.05, 4.69) is 45.2 Å². The van der Waals surface area contributed by atoms with E-state index in [1.807, 2.05) is 4.90 Å². The van der Waals surface area contributed by atoms with Gasteiger partial charge in [-0.1, -0.05) is 24.3 Å². The van der Waals surface area contributed by atoms with Crippen LogP contribution in [0.3, 0.4) is 0 Å². The molecule has 3 aliphatic rings. The minimum Gasteiger partial charge on any atom is -0.378 e. The van der Waals surface area contributed by atoms with Crippen LogP contribution in [0.1, 0.15) is 22.8 Å². The van der Waals surface area contributed by atoms with E-state index >= 15 is 0 Å². The number of aromatic nitrogens is 4. The molecule has 0 spiro atoms. The third-order valence-electron chi connectivity index (χ3n) is 7.17. The number of morpholine rings is 1. The van der Waals surface area contributed by atoms with Crippen LogP contribution in [-0.4, -0.2) is 100 Å². The summed E-state index contributed by atoms with van der Waals surface area (Å²) >= 11 is 0. The number of anilines is 1. The summed E-state index contributed by atoms with van der Waals surface area (Å²) in [4.78, 5) is 40.8. The Morgan fingerprint density at radius 2 is 1.83 bits per heavy atom. The van der Waals surface area contributed by atoms with E-state index in [9.17, 15) is 9.59 Å². The van der Waals surface area contributed by atoms with Crippen molar-refractivity contribution in [2.45, 2.75) is 13.3 Å². The van der Waals surface area contributed by atoms with Gasteiger partial charge in [-0.05, 0) is 23.6 Å². The van der Waals surface area contributed by atoms with Gasteiger partial charge in [-0.15, -0.1) is 0 Å². The zero-order valence-corrected chi connectivity index (χ0v) is 20.4. The Morgan fingerprint density at radius 3 is 2.61 bits per heavy atom. The molecular weight excluding hydrogens is 458 g/mol. The minimum atomic E-state index is -0.142. The molecule has 186 valence electrons. The van der Waals surface area contributed by atoms with Gasteiger partial charge in [-0.2, -0.15) is 14.8 Å². The van der Waals surface area contributed by atoms with Gasteiger partial charge >= 0.3 is 0 Å². The van der Waals surface area contributed by atoms with E-state index in [1.54, 1.807) is 13.1 Å². The van der Waals surface area contributed by atoms with Crippen molar-refractivity contribution >= 4 is 34.9 Å². The molecule has 0 saturated carbocycles. The van der Waals surface area contributed by atoms with Crippen molar-refractivity contribution in [1.82, 2.24) is 29.5 Å². The van der Waals surface area contributed by atoms with E-state index in [0.29, 0.717) is 64.1 Å². The van der Waals surface area contributed by atoms with Crippen molar-refractivity contribution in [2.24, 2.45) is 0 Å². The predicted octanol–water partition coefficient (Wildman–Crippen LogP) is 1.70. The Kier molecular flexibility index (Phi) is 5.98. The second kappa shape index (κ2) is 9.44. The standard InChI is InChI=1S/C26H29N7O3/c1-18(34)31-9-7-30(8-10-31)17-23(35)33-25-22(16-27-33)24(21-6-5-19-3-2-4-20(19)15-21)28-26(29-25)32-11-13-36-14-12-32/h2-3,5-6,15-16H,4,7-14,17H2,1H3. The fourth-order valence-electron chi connectivity index (χ4n) is 5.09. The second-order valence-corrected chi connectivity index (χ2v) is 9.46. The van der Waals surface area contributed by atoms with Gasteiger partial charge in [0.15, 0.2) is 5.65 Å². The molecule has 6 rings (SSSR count). The molecule has 36 heavy (non-hydrogen) atoms. The van der Waals surface area contributed by atoms with Gasteiger partial charge in [0.25, 0.3) is 5.91 Å². The van der Waals surface area contributed by atoms with Gasteiger partial charge in [0.2, 0.25) is 11.9 Å². The van der Waals surface area contributed by atoms with Gasteiger partial charge in [-0.3, -0.25) is 14.5 Å². The lowest BCUT2D eigenvalue weighted by Gasteiger charge is -2.33. The minimum absolute atomic E-state index is 0.0706. The average molecular weight is 488 g/mol. The maximum atomic E-state index is 13.4. The quantitative estimate of drug-likeness (QED) is 0.549. The van der Waals surface area contributed by atoms with E-state index in [1.165, 1.54) is 15.8 Å². The highest BCUT2D eigenvalue weighted by molar-refractivity contribution is 5.97. The highest BCUT2D eigenvalue weighted by atomic mass is 16.5. The number of amides is 1. The molecule has 1 aliphatic carbocycles. The molecule has 0 bridgehead atoms. The number of ether oxygens (including phenoxy) is 1. The number of piperazine rings is 1. The smallest absolute Gasteiger partial charge is 0.263 e. The Hall–Kier alpha value is -3.63. The Morgan fingerprint density at radius 1 is 1.03 bits per heavy atom. The van der Waals surface area contributed by atoms with Gasteiger partial charge in [0.05, 0.1) is 37.0 Å². The molecule has 4 heterocycles. The second-order valence-electron chi connectivity index (χ2n) is 9.46. The van der Waals surface area contributed by atoms with Gasteiger partial charge in [-0.25, -0.2) is 4.98 Å². The van der Waals surface area contributed by atoms with Crippen LogP contribution >= 0.6 is 0 Å². The first kappa shape index (κ1) is 22.8. The molecular formula is C26H29N7O3. The van der Waals surface area contributed by atoms with Crippen LogP contribution in [0.5, 0.6) is 0 Å². The fourth-order valence-corrected chi connectivity index (χ4v) is 5.09. The van der Waals surface area contributed by atoms with E-state index in [-0.39, 0.29) is 18.4 Å². The Bertz CT molecular complexity index is 1350. The van der Waals surface area contributed by atoms with Crippen LogP contribution in [0, 0.1) is 0 Å². The molecule has 1 amide bonds. The summed E-state index contributed by atoms with van der Waals surface area (Å²) < 4.78 is 6.94. The van der Waals surface area contributed by atoms with Crippen molar-refractivity contribution in [1.29, 1.82) is 0 Å². The highest BCUT2D eigenvalue weighted by Gasteiger charge is 2.25. The highest BCUT2D eigenvalue weighted by Crippen LogP contribution is 2.32. The van der Waals surface area contributed by atoms with Crippen LogP contribution in [0.15, 0.2) is 30.5 Å². The first-order chi connectivity index (χ1) is 17.6. The molecule has 0 atom stereocenters. The van der Waals surface area contributed by atoms with E-state index < -0.39 is 0 Å². The molecule has 10 nitrogen and oxygen atoms in total. The molecule has 0 unspecified atom stereocenters. The zero-order valence-electron chi connectivity index (χ0n) is 20.4. The number of hydrogen-bond donors (Lipinski definition) is 0. The first-order valence-electron chi connectivity index (χ1n) is 12.5. The van der Waals surface area contributed by atoms with E-state index in [4.69, 9.17) is 14.7 Å². The molecule has 3 aromatic rings. The molecule has 10 heteroatoms. The van der Waals surface area contributed by atoms with Crippen molar-refractivity contribution in [2.75, 3.05) is 63.9 Å². The van der Waals surface area contributed by atoms with Gasteiger partial charge < -0.3 is 14.5 Å². The van der Waals surface area contributed by atoms with Crippen LogP contribution in [0.2, 0.25) is 0 Å². The molecule has 2 fully saturated rings. The summed E-state index contributed by atoms with van der Waals surface area (Å²) in [5.74, 6) is 0.516. The first-order valence-corrected chi connectivity index (χ1v) is 12.5. The number of fused-ring (bicyclic) bond motifs is 2. The molecule has 1 aromatic carbocycles. The number of carbonyl (C=O) groups is 2. The summed E-state index contributed by atoms with van der Waals surface area (Å²) in [6.45, 7) is 7.00. The summed E-state index contributed by atoms with van der Waals surface area (Å²) in [7, 11) is 0. The lowest BCUT2D eigenvalue weighted by Crippen LogP contribution is -2.49. The van der Waals surface area contributed by atoms with Crippen LogP contribution < -0.4 is 4.90 Å². The number of carbonyl (C=O) groups excluding carboxylic acids is 2. The third kappa shape index (κ3) is 4.27. The number of rotatable bonds is 4. The van der Waals surface area contributed by atoms with E-state index in [0.717, 1.165) is 23.1 Å². The molecule has 2 aromatic heterocycles. The van der Waals surface area contributed by atoms with Crippen molar-refractivity contribution in [3.05, 3.63) is 41.6 Å².